The zero-order valence-electron chi connectivity index (χ0n) is 12.6. The fourth-order valence-electron chi connectivity index (χ4n) is 3.14. The molecule has 4 heteroatoms. The van der Waals surface area contributed by atoms with E-state index in [1.807, 2.05) is 0 Å². The Balaban J connectivity index is 2.12. The molecule has 0 aliphatic heterocycles. The van der Waals surface area contributed by atoms with E-state index in [9.17, 15) is 8.42 Å². The normalized spacial score (nSPS) is 24.8. The lowest BCUT2D eigenvalue weighted by molar-refractivity contribution is 0.427. The van der Waals surface area contributed by atoms with E-state index in [1.165, 1.54) is 17.4 Å². The lowest BCUT2D eigenvalue weighted by Gasteiger charge is -2.26. The first kappa shape index (κ1) is 15.5. The van der Waals surface area contributed by atoms with Gasteiger partial charge in [-0.25, -0.2) is 8.42 Å². The predicted octanol–water partition coefficient (Wildman–Crippen LogP) is 3.00. The summed E-state index contributed by atoms with van der Waals surface area (Å²) in [7, 11) is -2.96. The van der Waals surface area contributed by atoms with Crippen LogP contribution in [0.4, 0.5) is 0 Å². The van der Waals surface area contributed by atoms with Crippen LogP contribution in [0, 0.1) is 6.92 Å². The van der Waals surface area contributed by atoms with Crippen molar-refractivity contribution in [2.45, 2.75) is 56.9 Å². The summed E-state index contributed by atoms with van der Waals surface area (Å²) in [5, 5.41) is 3.36. The number of hydrogen-bond donors (Lipinski definition) is 1. The van der Waals surface area contributed by atoms with Crippen LogP contribution in [0.2, 0.25) is 0 Å². The second-order valence-electron chi connectivity index (χ2n) is 5.94. The molecule has 0 amide bonds. The van der Waals surface area contributed by atoms with E-state index in [1.54, 1.807) is 0 Å². The number of sulfone groups is 1. The van der Waals surface area contributed by atoms with Gasteiger partial charge in [-0.3, -0.25) is 0 Å². The summed E-state index contributed by atoms with van der Waals surface area (Å²) in [6.07, 6.45) is 5.08. The summed E-state index contributed by atoms with van der Waals surface area (Å²) in [4.78, 5) is 0. The molecule has 1 fully saturated rings. The van der Waals surface area contributed by atoms with Crippen LogP contribution in [0.15, 0.2) is 24.3 Å². The van der Waals surface area contributed by atoms with Crippen molar-refractivity contribution < 1.29 is 8.42 Å². The van der Waals surface area contributed by atoms with Crippen LogP contribution in [0.5, 0.6) is 0 Å². The molecule has 1 saturated carbocycles. The van der Waals surface area contributed by atoms with E-state index in [2.05, 4.69) is 43.4 Å². The van der Waals surface area contributed by atoms with E-state index < -0.39 is 9.84 Å². The summed E-state index contributed by atoms with van der Waals surface area (Å²) in [5.74, 6) is 0. The predicted molar refractivity (Wildman–Crippen MR) is 83.6 cm³/mol. The molecule has 0 saturated heterocycles. The zero-order chi connectivity index (χ0) is 14.8. The van der Waals surface area contributed by atoms with Crippen molar-refractivity contribution in [1.82, 2.24) is 5.32 Å². The minimum absolute atomic E-state index is 0.0938. The topological polar surface area (TPSA) is 46.2 Å². The van der Waals surface area contributed by atoms with Crippen molar-refractivity contribution in [1.29, 1.82) is 0 Å². The molecule has 2 rings (SSSR count). The van der Waals surface area contributed by atoms with Crippen LogP contribution in [0.3, 0.4) is 0 Å². The van der Waals surface area contributed by atoms with Crippen molar-refractivity contribution in [2.75, 3.05) is 6.26 Å². The highest BCUT2D eigenvalue weighted by atomic mass is 32.2. The maximum Gasteiger partial charge on any atom is 0.151 e. The molecule has 112 valence electrons. The van der Waals surface area contributed by atoms with Gasteiger partial charge in [-0.1, -0.05) is 43.2 Å². The molecule has 0 heterocycles. The molecular formula is C16H25NO2S. The number of benzene rings is 1. The van der Waals surface area contributed by atoms with Crippen LogP contribution >= 0.6 is 0 Å². The molecule has 3 unspecified atom stereocenters. The Morgan fingerprint density at radius 1 is 1.25 bits per heavy atom. The molecule has 0 bridgehead atoms. The van der Waals surface area contributed by atoms with Crippen LogP contribution < -0.4 is 5.32 Å². The molecule has 0 radical (unpaired) electrons. The highest BCUT2D eigenvalue weighted by Gasteiger charge is 2.35. The first-order valence-electron chi connectivity index (χ1n) is 7.43. The molecule has 1 N–H and O–H groups in total. The molecule has 3 atom stereocenters. The Kier molecular flexibility index (Phi) is 4.86. The van der Waals surface area contributed by atoms with Gasteiger partial charge in [0.15, 0.2) is 9.84 Å². The van der Waals surface area contributed by atoms with Crippen LogP contribution in [-0.4, -0.2) is 26.0 Å². The summed E-state index contributed by atoms with van der Waals surface area (Å²) in [6, 6.07) is 8.84. The minimum atomic E-state index is -2.96. The molecule has 0 aromatic heterocycles. The number of nitrogens with one attached hydrogen (secondary N) is 1. The molecule has 20 heavy (non-hydrogen) atoms. The second-order valence-corrected chi connectivity index (χ2v) is 8.21. The van der Waals surface area contributed by atoms with Gasteiger partial charge < -0.3 is 5.32 Å². The second kappa shape index (κ2) is 6.27. The van der Waals surface area contributed by atoms with E-state index >= 15 is 0 Å². The molecule has 1 aromatic rings. The monoisotopic (exact) mass is 295 g/mol. The molecule has 3 nitrogen and oxygen atoms in total. The molecule has 0 spiro atoms. The summed E-state index contributed by atoms with van der Waals surface area (Å²) in [6.45, 7) is 4.22. The van der Waals surface area contributed by atoms with Crippen molar-refractivity contribution in [2.24, 2.45) is 0 Å². The minimum Gasteiger partial charge on any atom is -0.306 e. The molecule has 1 aromatic carbocycles. The van der Waals surface area contributed by atoms with Gasteiger partial charge in [0.25, 0.3) is 0 Å². The largest absolute Gasteiger partial charge is 0.306 e. The van der Waals surface area contributed by atoms with Crippen molar-refractivity contribution in [3.8, 4) is 0 Å². The Morgan fingerprint density at radius 3 is 2.45 bits per heavy atom. The van der Waals surface area contributed by atoms with Gasteiger partial charge >= 0.3 is 0 Å². The van der Waals surface area contributed by atoms with Gasteiger partial charge in [0, 0.05) is 18.3 Å². The van der Waals surface area contributed by atoms with Crippen LogP contribution in [0.25, 0.3) is 0 Å². The van der Waals surface area contributed by atoms with Crippen LogP contribution in [-0.2, 0) is 9.84 Å². The average molecular weight is 295 g/mol. The van der Waals surface area contributed by atoms with Gasteiger partial charge in [0.1, 0.15) is 0 Å². The quantitative estimate of drug-likeness (QED) is 0.908. The Bertz CT molecular complexity index is 536. The highest BCUT2D eigenvalue weighted by Crippen LogP contribution is 2.28. The van der Waals surface area contributed by atoms with E-state index in [-0.39, 0.29) is 17.3 Å². The lowest BCUT2D eigenvalue weighted by atomic mass is 10.0. The van der Waals surface area contributed by atoms with Crippen molar-refractivity contribution in [3.63, 3.8) is 0 Å². The molecular weight excluding hydrogens is 270 g/mol. The van der Waals surface area contributed by atoms with Crippen LogP contribution in [0.1, 0.15) is 49.8 Å². The Hall–Kier alpha value is -0.870. The maximum atomic E-state index is 11.9. The fraction of sp³-hybridized carbons (Fsp3) is 0.625. The molecule has 1 aliphatic carbocycles. The summed E-state index contributed by atoms with van der Waals surface area (Å²) < 4.78 is 23.7. The van der Waals surface area contributed by atoms with Gasteiger partial charge in [-0.15, -0.1) is 0 Å². The van der Waals surface area contributed by atoms with Crippen molar-refractivity contribution in [3.05, 3.63) is 35.4 Å². The first-order valence-corrected chi connectivity index (χ1v) is 9.38. The third kappa shape index (κ3) is 3.61. The highest BCUT2D eigenvalue weighted by molar-refractivity contribution is 7.91. The number of rotatable bonds is 5. The van der Waals surface area contributed by atoms with Gasteiger partial charge in [0.05, 0.1) is 5.25 Å². The Morgan fingerprint density at radius 2 is 1.90 bits per heavy atom. The van der Waals surface area contributed by atoms with E-state index in [0.717, 1.165) is 25.7 Å². The molecule has 1 aliphatic rings. The summed E-state index contributed by atoms with van der Waals surface area (Å²) in [5.41, 5.74) is 2.50. The fourth-order valence-corrected chi connectivity index (χ4v) is 4.54. The van der Waals surface area contributed by atoms with E-state index in [4.69, 9.17) is 0 Å². The number of hydrogen-bond acceptors (Lipinski definition) is 3. The lowest BCUT2D eigenvalue weighted by Crippen LogP contribution is -2.41. The SMILES string of the molecule is CCC(NC1CCCC1S(C)(=O)=O)c1ccc(C)cc1. The maximum absolute atomic E-state index is 11.9. The Labute approximate surface area is 122 Å². The standard InChI is InChI=1S/C16H25NO2S/c1-4-14(13-10-8-12(2)9-11-13)17-15-6-5-7-16(15)20(3,18)19/h8-11,14-17H,4-7H2,1-3H3. The summed E-state index contributed by atoms with van der Waals surface area (Å²) >= 11 is 0. The van der Waals surface area contributed by atoms with E-state index in [0.29, 0.717) is 0 Å². The first-order chi connectivity index (χ1) is 9.41. The number of aryl methyl sites for hydroxylation is 1. The van der Waals surface area contributed by atoms with Crippen molar-refractivity contribution >= 4 is 9.84 Å². The van der Waals surface area contributed by atoms with Gasteiger partial charge in [-0.2, -0.15) is 0 Å². The average Bonchev–Trinajstić information content (AvgIpc) is 2.85. The zero-order valence-corrected chi connectivity index (χ0v) is 13.4. The van der Waals surface area contributed by atoms with Gasteiger partial charge in [-0.05, 0) is 31.7 Å². The third-order valence-electron chi connectivity index (χ3n) is 4.31. The third-order valence-corrected chi connectivity index (χ3v) is 5.97. The van der Waals surface area contributed by atoms with Gasteiger partial charge in [0.2, 0.25) is 0 Å². The smallest absolute Gasteiger partial charge is 0.151 e.